The molecule has 5 heteroatoms. The lowest BCUT2D eigenvalue weighted by molar-refractivity contribution is 0.251. The van der Waals surface area contributed by atoms with Gasteiger partial charge >= 0.3 is 6.03 Å². The molecule has 2 amide bonds. The van der Waals surface area contributed by atoms with E-state index < -0.39 is 0 Å². The highest BCUT2D eigenvalue weighted by molar-refractivity contribution is 6.32. The number of halogens is 1. The van der Waals surface area contributed by atoms with Gasteiger partial charge in [-0.1, -0.05) is 32.4 Å². The van der Waals surface area contributed by atoms with Gasteiger partial charge in [0.15, 0.2) is 0 Å². The van der Waals surface area contributed by atoms with Gasteiger partial charge in [-0.15, -0.1) is 0 Å². The number of urea groups is 1. The first kappa shape index (κ1) is 16.6. The summed E-state index contributed by atoms with van der Waals surface area (Å²) in [7, 11) is 0. The second kappa shape index (κ2) is 8.69. The number of anilines is 1. The summed E-state index contributed by atoms with van der Waals surface area (Å²) in [6, 6.07) is 5.01. The summed E-state index contributed by atoms with van der Waals surface area (Å²) in [4.78, 5) is 11.7. The summed E-state index contributed by atoms with van der Waals surface area (Å²) >= 11 is 6.10. The van der Waals surface area contributed by atoms with Crippen LogP contribution in [0.3, 0.4) is 0 Å². The van der Waals surface area contributed by atoms with E-state index in [0.717, 1.165) is 12.8 Å². The minimum atomic E-state index is -0.219. The Balaban J connectivity index is 2.47. The molecule has 0 fully saturated rings. The molecule has 4 nitrogen and oxygen atoms in total. The molecule has 0 aliphatic heterocycles. The molecule has 20 heavy (non-hydrogen) atoms. The molecule has 0 radical (unpaired) electrons. The van der Waals surface area contributed by atoms with Crippen molar-refractivity contribution in [1.82, 2.24) is 5.32 Å². The first-order chi connectivity index (χ1) is 9.52. The Hall–Kier alpha value is -1.42. The molecule has 0 heterocycles. The number of hydrogen-bond acceptors (Lipinski definition) is 2. The maximum absolute atomic E-state index is 11.7. The lowest BCUT2D eigenvalue weighted by atomic mass is 10.1. The van der Waals surface area contributed by atoms with Gasteiger partial charge in [0.05, 0.1) is 11.6 Å². The van der Waals surface area contributed by atoms with Gasteiger partial charge in [0.2, 0.25) is 0 Å². The fourth-order valence-corrected chi connectivity index (χ4v) is 1.79. The van der Waals surface area contributed by atoms with Crippen molar-refractivity contribution >= 4 is 23.3 Å². The van der Waals surface area contributed by atoms with Crippen LogP contribution in [0.4, 0.5) is 10.5 Å². The molecule has 112 valence electrons. The van der Waals surface area contributed by atoms with Gasteiger partial charge in [-0.3, -0.25) is 0 Å². The van der Waals surface area contributed by atoms with Crippen molar-refractivity contribution < 1.29 is 9.53 Å². The van der Waals surface area contributed by atoms with Crippen LogP contribution in [0.5, 0.6) is 5.75 Å². The van der Waals surface area contributed by atoms with Crippen LogP contribution < -0.4 is 15.4 Å². The zero-order valence-corrected chi connectivity index (χ0v) is 13.1. The van der Waals surface area contributed by atoms with Crippen molar-refractivity contribution in [2.24, 2.45) is 5.92 Å². The molecule has 0 bridgehead atoms. The number of hydrogen-bond donors (Lipinski definition) is 2. The monoisotopic (exact) mass is 298 g/mol. The predicted molar refractivity (Wildman–Crippen MR) is 83.7 cm³/mol. The smallest absolute Gasteiger partial charge is 0.319 e. The topological polar surface area (TPSA) is 50.4 Å². The molecule has 1 aromatic carbocycles. The second-order valence-electron chi connectivity index (χ2n) is 5.06. The van der Waals surface area contributed by atoms with Gasteiger partial charge in [-0.05, 0) is 37.0 Å². The Morgan fingerprint density at radius 3 is 2.75 bits per heavy atom. The molecular formula is C15H23ClN2O2. The molecule has 1 aromatic rings. The van der Waals surface area contributed by atoms with Crippen LogP contribution in [0.25, 0.3) is 0 Å². The molecule has 0 spiro atoms. The summed E-state index contributed by atoms with van der Waals surface area (Å²) < 4.78 is 5.48. The number of carbonyl (C=O) groups is 1. The van der Waals surface area contributed by atoms with Crippen molar-refractivity contribution in [3.63, 3.8) is 0 Å². The van der Waals surface area contributed by atoms with Crippen molar-refractivity contribution in [3.8, 4) is 5.75 Å². The Labute approximate surface area is 125 Å². The van der Waals surface area contributed by atoms with E-state index in [4.69, 9.17) is 16.3 Å². The van der Waals surface area contributed by atoms with Crippen LogP contribution in [0.1, 0.15) is 33.6 Å². The third-order valence-electron chi connectivity index (χ3n) is 2.66. The maximum atomic E-state index is 11.7. The van der Waals surface area contributed by atoms with E-state index in [2.05, 4.69) is 24.5 Å². The van der Waals surface area contributed by atoms with E-state index >= 15 is 0 Å². The normalized spacial score (nSPS) is 10.4. The molecule has 0 aliphatic carbocycles. The van der Waals surface area contributed by atoms with Crippen LogP contribution in [0, 0.1) is 5.92 Å². The zero-order chi connectivity index (χ0) is 15.0. The van der Waals surface area contributed by atoms with Gasteiger partial charge in [0, 0.05) is 12.2 Å². The van der Waals surface area contributed by atoms with Crippen molar-refractivity contribution in [1.29, 1.82) is 0 Å². The number of carbonyl (C=O) groups excluding carboxylic acids is 1. The third kappa shape index (κ3) is 6.15. The average molecular weight is 299 g/mol. The summed E-state index contributed by atoms with van der Waals surface area (Å²) in [6.07, 6.45) is 1.88. The van der Waals surface area contributed by atoms with E-state index in [-0.39, 0.29) is 6.03 Å². The quantitative estimate of drug-likeness (QED) is 0.788. The molecule has 0 aromatic heterocycles. The first-order valence-electron chi connectivity index (χ1n) is 7.00. The van der Waals surface area contributed by atoms with Crippen molar-refractivity contribution in [2.45, 2.75) is 33.6 Å². The van der Waals surface area contributed by atoms with Crippen LogP contribution >= 0.6 is 11.6 Å². The predicted octanol–water partition coefficient (Wildman–Crippen LogP) is 4.30. The molecule has 0 unspecified atom stereocenters. The summed E-state index contributed by atoms with van der Waals surface area (Å²) in [5.41, 5.74) is 0.654. The third-order valence-corrected chi connectivity index (χ3v) is 2.95. The molecule has 0 saturated carbocycles. The number of ether oxygens (including phenoxy) is 1. The summed E-state index contributed by atoms with van der Waals surface area (Å²) in [5, 5.41) is 6.05. The number of benzene rings is 1. The highest BCUT2D eigenvalue weighted by Crippen LogP contribution is 2.27. The van der Waals surface area contributed by atoms with E-state index in [9.17, 15) is 4.79 Å². The SMILES string of the molecule is CCCOc1ccc(NC(=O)NCCC(C)C)cc1Cl. The number of rotatable bonds is 7. The van der Waals surface area contributed by atoms with Crippen LogP contribution in [-0.2, 0) is 0 Å². The van der Waals surface area contributed by atoms with Crippen LogP contribution in [0.15, 0.2) is 18.2 Å². The molecule has 2 N–H and O–H groups in total. The minimum Gasteiger partial charge on any atom is -0.492 e. The van der Waals surface area contributed by atoms with E-state index in [0.29, 0.717) is 35.5 Å². The van der Waals surface area contributed by atoms with Crippen LogP contribution in [-0.4, -0.2) is 19.2 Å². The van der Waals surface area contributed by atoms with Gasteiger partial charge in [0.1, 0.15) is 5.75 Å². The van der Waals surface area contributed by atoms with Crippen molar-refractivity contribution in [3.05, 3.63) is 23.2 Å². The average Bonchev–Trinajstić information content (AvgIpc) is 2.37. The standard InChI is InChI=1S/C15H23ClN2O2/c1-4-9-20-14-6-5-12(10-13(14)16)18-15(19)17-8-7-11(2)3/h5-6,10-11H,4,7-9H2,1-3H3,(H2,17,18,19). The second-order valence-corrected chi connectivity index (χ2v) is 5.46. The highest BCUT2D eigenvalue weighted by atomic mass is 35.5. The maximum Gasteiger partial charge on any atom is 0.319 e. The zero-order valence-electron chi connectivity index (χ0n) is 12.3. The van der Waals surface area contributed by atoms with Gasteiger partial charge in [0.25, 0.3) is 0 Å². The molecular weight excluding hydrogens is 276 g/mol. The number of nitrogens with one attached hydrogen (secondary N) is 2. The lowest BCUT2D eigenvalue weighted by Gasteiger charge is -2.11. The lowest BCUT2D eigenvalue weighted by Crippen LogP contribution is -2.30. The highest BCUT2D eigenvalue weighted by Gasteiger charge is 2.06. The Kier molecular flexibility index (Phi) is 7.23. The number of amides is 2. The largest absolute Gasteiger partial charge is 0.492 e. The van der Waals surface area contributed by atoms with Gasteiger partial charge < -0.3 is 15.4 Å². The Bertz CT molecular complexity index is 436. The molecule has 0 saturated heterocycles. The van der Waals surface area contributed by atoms with E-state index in [1.54, 1.807) is 18.2 Å². The summed E-state index contributed by atoms with van der Waals surface area (Å²) in [6.45, 7) is 7.56. The first-order valence-corrected chi connectivity index (χ1v) is 7.38. The molecule has 0 aliphatic rings. The van der Waals surface area contributed by atoms with Gasteiger partial charge in [-0.25, -0.2) is 4.79 Å². The fourth-order valence-electron chi connectivity index (χ4n) is 1.56. The fraction of sp³-hybridized carbons (Fsp3) is 0.533. The minimum absolute atomic E-state index is 0.219. The van der Waals surface area contributed by atoms with Crippen molar-refractivity contribution in [2.75, 3.05) is 18.5 Å². The molecule has 0 atom stereocenters. The molecule has 1 rings (SSSR count). The Morgan fingerprint density at radius 2 is 2.15 bits per heavy atom. The van der Waals surface area contributed by atoms with Crippen LogP contribution in [0.2, 0.25) is 5.02 Å². The van der Waals surface area contributed by atoms with E-state index in [1.807, 2.05) is 6.92 Å². The van der Waals surface area contributed by atoms with Gasteiger partial charge in [-0.2, -0.15) is 0 Å². The van der Waals surface area contributed by atoms with E-state index in [1.165, 1.54) is 0 Å². The summed E-state index contributed by atoms with van der Waals surface area (Å²) in [5.74, 6) is 1.21. The Morgan fingerprint density at radius 1 is 1.40 bits per heavy atom.